The van der Waals surface area contributed by atoms with Crippen molar-refractivity contribution in [1.82, 2.24) is 9.97 Å². The van der Waals surface area contributed by atoms with Crippen LogP contribution in [-0.4, -0.2) is 9.97 Å². The molecule has 0 spiro atoms. The fourth-order valence-electron chi connectivity index (χ4n) is 3.33. The van der Waals surface area contributed by atoms with Gasteiger partial charge in [-0.3, -0.25) is 9.97 Å². The molecule has 0 fully saturated rings. The van der Waals surface area contributed by atoms with Crippen LogP contribution in [0.5, 0.6) is 0 Å². The lowest BCUT2D eigenvalue weighted by atomic mass is 10.1. The highest BCUT2D eigenvalue weighted by atomic mass is 79.9. The van der Waals surface area contributed by atoms with Gasteiger partial charge in [0.25, 0.3) is 0 Å². The van der Waals surface area contributed by atoms with E-state index in [0.29, 0.717) is 0 Å². The second-order valence-electron chi connectivity index (χ2n) is 6.15. The lowest BCUT2D eigenvalue weighted by Gasteiger charge is -2.24. The van der Waals surface area contributed by atoms with Gasteiger partial charge in [-0.15, -0.1) is 0 Å². The van der Waals surface area contributed by atoms with Gasteiger partial charge in [0.1, 0.15) is 5.58 Å². The van der Waals surface area contributed by atoms with E-state index in [1.54, 1.807) is 12.4 Å². The van der Waals surface area contributed by atoms with Crippen LogP contribution in [0.1, 0.15) is 0 Å². The van der Waals surface area contributed by atoms with Crippen LogP contribution in [0, 0.1) is 0 Å². The molecule has 0 saturated heterocycles. The Morgan fingerprint density at radius 1 is 0.778 bits per heavy atom. The molecule has 27 heavy (non-hydrogen) atoms. The first-order chi connectivity index (χ1) is 13.3. The summed E-state index contributed by atoms with van der Waals surface area (Å²) in [6.45, 7) is 0. The average molecular weight is 416 g/mol. The number of hydrogen-bond donors (Lipinski definition) is 0. The first-order valence-corrected chi connectivity index (χ1v) is 9.31. The van der Waals surface area contributed by atoms with Gasteiger partial charge in [-0.2, -0.15) is 0 Å². The van der Waals surface area contributed by atoms with Crippen molar-refractivity contribution in [3.8, 4) is 0 Å². The molecule has 0 aliphatic rings. The zero-order chi connectivity index (χ0) is 18.2. The molecular formula is C22H14BrN3O. The number of rotatable bonds is 3. The number of furan rings is 1. The third-order valence-electron chi connectivity index (χ3n) is 4.49. The summed E-state index contributed by atoms with van der Waals surface area (Å²) in [6, 6.07) is 20.2. The van der Waals surface area contributed by atoms with E-state index in [9.17, 15) is 0 Å². The number of nitrogens with zero attached hydrogens (tertiary/aromatic N) is 3. The van der Waals surface area contributed by atoms with Crippen LogP contribution >= 0.6 is 15.9 Å². The van der Waals surface area contributed by atoms with Crippen molar-refractivity contribution in [2.45, 2.75) is 0 Å². The summed E-state index contributed by atoms with van der Waals surface area (Å²) in [5, 5.41) is 2.15. The summed E-state index contributed by atoms with van der Waals surface area (Å²) in [5.74, 6) is 0. The van der Waals surface area contributed by atoms with Crippen LogP contribution in [0.4, 0.5) is 17.1 Å². The Bertz CT molecular complexity index is 1200. The molecule has 0 unspecified atom stereocenters. The van der Waals surface area contributed by atoms with Crippen molar-refractivity contribution in [1.29, 1.82) is 0 Å². The quantitative estimate of drug-likeness (QED) is 0.332. The van der Waals surface area contributed by atoms with Crippen molar-refractivity contribution in [2.75, 3.05) is 4.90 Å². The van der Waals surface area contributed by atoms with Crippen molar-refractivity contribution >= 4 is 54.9 Å². The van der Waals surface area contributed by atoms with Gasteiger partial charge < -0.3 is 9.32 Å². The van der Waals surface area contributed by atoms with Crippen molar-refractivity contribution in [3.63, 3.8) is 0 Å². The van der Waals surface area contributed by atoms with Crippen LogP contribution in [0.2, 0.25) is 0 Å². The molecule has 130 valence electrons. The Morgan fingerprint density at radius 2 is 1.52 bits per heavy atom. The molecule has 0 N–H and O–H groups in total. The van der Waals surface area contributed by atoms with Crippen molar-refractivity contribution < 1.29 is 4.42 Å². The third kappa shape index (κ3) is 2.76. The minimum Gasteiger partial charge on any atom is -0.454 e. The van der Waals surface area contributed by atoms with Crippen LogP contribution in [0.15, 0.2) is 94.3 Å². The molecule has 4 nitrogen and oxygen atoms in total. The Kier molecular flexibility index (Phi) is 3.87. The standard InChI is InChI=1S/C22H14BrN3O/c23-15-8-9-21-19(12-15)18-6-1-7-20(22(18)27-21)26(16-4-2-10-24-13-16)17-5-3-11-25-14-17/h1-14H. The largest absolute Gasteiger partial charge is 0.454 e. The summed E-state index contributed by atoms with van der Waals surface area (Å²) < 4.78 is 7.29. The predicted molar refractivity (Wildman–Crippen MR) is 112 cm³/mol. The number of benzene rings is 2. The second-order valence-corrected chi connectivity index (χ2v) is 7.07. The van der Waals surface area contributed by atoms with Crippen LogP contribution < -0.4 is 4.90 Å². The predicted octanol–water partition coefficient (Wildman–Crippen LogP) is 6.61. The number of aromatic nitrogens is 2. The van der Waals surface area contributed by atoms with Crippen LogP contribution in [0.25, 0.3) is 21.9 Å². The van der Waals surface area contributed by atoms with E-state index in [2.05, 4.69) is 49.0 Å². The molecule has 5 rings (SSSR count). The highest BCUT2D eigenvalue weighted by Crippen LogP contribution is 2.41. The summed E-state index contributed by atoms with van der Waals surface area (Å²) in [5.41, 5.74) is 4.52. The number of halogens is 1. The van der Waals surface area contributed by atoms with Gasteiger partial charge in [-0.05, 0) is 48.5 Å². The first kappa shape index (κ1) is 16.0. The smallest absolute Gasteiger partial charge is 0.159 e. The van der Waals surface area contributed by atoms with Gasteiger partial charge in [0.2, 0.25) is 0 Å². The highest BCUT2D eigenvalue weighted by molar-refractivity contribution is 9.10. The SMILES string of the molecule is Brc1ccc2oc3c(N(c4cccnc4)c4cccnc4)cccc3c2c1. The van der Waals surface area contributed by atoms with E-state index < -0.39 is 0 Å². The molecule has 5 heteroatoms. The van der Waals surface area contributed by atoms with E-state index in [1.807, 2.05) is 54.9 Å². The molecule has 0 aliphatic carbocycles. The van der Waals surface area contributed by atoms with E-state index in [1.165, 1.54) is 0 Å². The summed E-state index contributed by atoms with van der Waals surface area (Å²) in [4.78, 5) is 10.7. The monoisotopic (exact) mass is 415 g/mol. The molecule has 0 saturated carbocycles. The molecule has 2 aromatic carbocycles. The second kappa shape index (κ2) is 6.52. The number of hydrogen-bond acceptors (Lipinski definition) is 4. The van der Waals surface area contributed by atoms with Crippen LogP contribution in [-0.2, 0) is 0 Å². The maximum atomic E-state index is 6.26. The summed E-state index contributed by atoms with van der Waals surface area (Å²) in [7, 11) is 0. The zero-order valence-electron chi connectivity index (χ0n) is 14.2. The molecule has 0 atom stereocenters. The van der Waals surface area contributed by atoms with Crippen molar-refractivity contribution in [2.24, 2.45) is 0 Å². The Labute approximate surface area is 164 Å². The third-order valence-corrected chi connectivity index (χ3v) is 4.98. The van der Waals surface area contributed by atoms with Gasteiger partial charge in [0.15, 0.2) is 5.58 Å². The van der Waals surface area contributed by atoms with E-state index >= 15 is 0 Å². The zero-order valence-corrected chi connectivity index (χ0v) is 15.8. The van der Waals surface area contributed by atoms with Gasteiger partial charge in [-0.1, -0.05) is 28.1 Å². The Hall–Kier alpha value is -3.18. The van der Waals surface area contributed by atoms with Gasteiger partial charge in [-0.25, -0.2) is 0 Å². The highest BCUT2D eigenvalue weighted by Gasteiger charge is 2.19. The molecule has 0 amide bonds. The maximum Gasteiger partial charge on any atom is 0.159 e. The van der Waals surface area contributed by atoms with Gasteiger partial charge in [0, 0.05) is 27.6 Å². The van der Waals surface area contributed by atoms with E-state index in [-0.39, 0.29) is 0 Å². The minimum absolute atomic E-state index is 0.832. The van der Waals surface area contributed by atoms with Crippen molar-refractivity contribution in [3.05, 3.63) is 89.9 Å². The number of pyridine rings is 2. The normalized spacial score (nSPS) is 11.1. The topological polar surface area (TPSA) is 42.2 Å². The molecule has 5 aromatic rings. The lowest BCUT2D eigenvalue weighted by Crippen LogP contribution is -2.10. The fourth-order valence-corrected chi connectivity index (χ4v) is 3.69. The Morgan fingerprint density at radius 3 is 2.19 bits per heavy atom. The molecule has 3 heterocycles. The van der Waals surface area contributed by atoms with Gasteiger partial charge in [0.05, 0.1) is 29.5 Å². The lowest BCUT2D eigenvalue weighted by molar-refractivity contribution is 0.669. The summed E-state index contributed by atoms with van der Waals surface area (Å²) >= 11 is 3.56. The van der Waals surface area contributed by atoms with E-state index in [4.69, 9.17) is 4.42 Å². The minimum atomic E-state index is 0.832. The van der Waals surface area contributed by atoms with Crippen LogP contribution in [0.3, 0.4) is 0 Å². The molecule has 3 aromatic heterocycles. The number of fused-ring (bicyclic) bond motifs is 3. The first-order valence-electron chi connectivity index (χ1n) is 8.52. The summed E-state index contributed by atoms with van der Waals surface area (Å²) in [6.07, 6.45) is 7.21. The number of para-hydroxylation sites is 1. The molecule has 0 bridgehead atoms. The van der Waals surface area contributed by atoms with E-state index in [0.717, 1.165) is 43.5 Å². The number of anilines is 3. The molecule has 0 radical (unpaired) electrons. The molecule has 0 aliphatic heterocycles. The maximum absolute atomic E-state index is 6.26. The van der Waals surface area contributed by atoms with Gasteiger partial charge >= 0.3 is 0 Å². The Balaban J connectivity index is 1.82. The molecular weight excluding hydrogens is 402 g/mol. The fraction of sp³-hybridized carbons (Fsp3) is 0. The average Bonchev–Trinajstić information content (AvgIpc) is 3.09.